The molecule has 4 nitrogen and oxygen atoms in total. The van der Waals surface area contributed by atoms with E-state index in [-0.39, 0.29) is 6.04 Å². The number of aromatic nitrogens is 1. The highest BCUT2D eigenvalue weighted by molar-refractivity contribution is 7.11. The molecule has 0 saturated carbocycles. The standard InChI is InChI=1S/C8H9N3OS/c1-6-9-4-8(13-6)7-2-3-10-11(7)5-12/h3-5,7H,2H2,1H3. The summed E-state index contributed by atoms with van der Waals surface area (Å²) in [4.78, 5) is 15.8. The maximum absolute atomic E-state index is 10.6. The topological polar surface area (TPSA) is 45.6 Å². The van der Waals surface area contributed by atoms with Crippen molar-refractivity contribution in [2.75, 3.05) is 0 Å². The Kier molecular flexibility index (Phi) is 2.10. The van der Waals surface area contributed by atoms with Crippen molar-refractivity contribution in [3.05, 3.63) is 16.1 Å². The van der Waals surface area contributed by atoms with Gasteiger partial charge in [0.1, 0.15) is 0 Å². The lowest BCUT2D eigenvalue weighted by molar-refractivity contribution is -0.119. The molecule has 5 heteroatoms. The molecule has 1 aromatic rings. The molecule has 1 unspecified atom stereocenters. The Balaban J connectivity index is 2.22. The first-order valence-electron chi connectivity index (χ1n) is 3.99. The first kappa shape index (κ1) is 8.37. The van der Waals surface area contributed by atoms with Gasteiger partial charge in [0.05, 0.1) is 11.0 Å². The number of carbonyl (C=O) groups excluding carboxylic acids is 1. The molecule has 0 saturated heterocycles. The Morgan fingerprint density at radius 3 is 3.23 bits per heavy atom. The number of amides is 1. The third-order valence-electron chi connectivity index (χ3n) is 1.94. The minimum atomic E-state index is 0.0729. The lowest BCUT2D eigenvalue weighted by Crippen LogP contribution is -2.16. The maximum atomic E-state index is 10.6. The fourth-order valence-corrected chi connectivity index (χ4v) is 2.20. The van der Waals surface area contributed by atoms with Crippen molar-refractivity contribution in [2.45, 2.75) is 19.4 Å². The number of carbonyl (C=O) groups is 1. The zero-order valence-electron chi connectivity index (χ0n) is 7.17. The molecule has 13 heavy (non-hydrogen) atoms. The Hall–Kier alpha value is -1.23. The highest BCUT2D eigenvalue weighted by atomic mass is 32.1. The third-order valence-corrected chi connectivity index (χ3v) is 2.95. The van der Waals surface area contributed by atoms with E-state index < -0.39 is 0 Å². The van der Waals surface area contributed by atoms with Crippen LogP contribution in [0.2, 0.25) is 0 Å². The van der Waals surface area contributed by atoms with Crippen LogP contribution in [0.25, 0.3) is 0 Å². The van der Waals surface area contributed by atoms with Crippen molar-refractivity contribution in [2.24, 2.45) is 5.10 Å². The quantitative estimate of drug-likeness (QED) is 0.668. The van der Waals surface area contributed by atoms with E-state index in [1.54, 1.807) is 17.6 Å². The van der Waals surface area contributed by atoms with Gasteiger partial charge in [0.15, 0.2) is 0 Å². The molecular weight excluding hydrogens is 186 g/mol. The lowest BCUT2D eigenvalue weighted by Gasteiger charge is -2.14. The zero-order chi connectivity index (χ0) is 9.26. The molecule has 0 aromatic carbocycles. The lowest BCUT2D eigenvalue weighted by atomic mass is 10.2. The van der Waals surface area contributed by atoms with Crippen molar-refractivity contribution < 1.29 is 4.79 Å². The fraction of sp³-hybridized carbons (Fsp3) is 0.375. The van der Waals surface area contributed by atoms with Gasteiger partial charge < -0.3 is 0 Å². The van der Waals surface area contributed by atoms with Crippen molar-refractivity contribution >= 4 is 24.0 Å². The van der Waals surface area contributed by atoms with Crippen LogP contribution in [-0.4, -0.2) is 22.6 Å². The molecule has 0 radical (unpaired) electrons. The summed E-state index contributed by atoms with van der Waals surface area (Å²) in [5.74, 6) is 0. The van der Waals surface area contributed by atoms with E-state index in [9.17, 15) is 4.79 Å². The van der Waals surface area contributed by atoms with Gasteiger partial charge in [0.25, 0.3) is 0 Å². The van der Waals surface area contributed by atoms with Crippen LogP contribution in [0.3, 0.4) is 0 Å². The van der Waals surface area contributed by atoms with Gasteiger partial charge in [-0.3, -0.25) is 4.79 Å². The number of hydrogen-bond donors (Lipinski definition) is 0. The molecule has 0 spiro atoms. The van der Waals surface area contributed by atoms with Gasteiger partial charge in [0.2, 0.25) is 6.41 Å². The number of hydrogen-bond acceptors (Lipinski definition) is 4. The van der Waals surface area contributed by atoms with Crippen LogP contribution in [0.5, 0.6) is 0 Å². The highest BCUT2D eigenvalue weighted by Gasteiger charge is 2.23. The van der Waals surface area contributed by atoms with Crippen LogP contribution in [0.1, 0.15) is 22.3 Å². The Labute approximate surface area is 79.9 Å². The van der Waals surface area contributed by atoms with Gasteiger partial charge in [-0.05, 0) is 6.92 Å². The van der Waals surface area contributed by atoms with E-state index in [2.05, 4.69) is 10.1 Å². The largest absolute Gasteiger partial charge is 0.277 e. The van der Waals surface area contributed by atoms with E-state index in [4.69, 9.17) is 0 Å². The smallest absolute Gasteiger partial charge is 0.230 e. The number of rotatable bonds is 2. The molecule has 1 aromatic heterocycles. The summed E-state index contributed by atoms with van der Waals surface area (Å²) in [6.45, 7) is 1.95. The molecule has 0 N–H and O–H groups in total. The van der Waals surface area contributed by atoms with Crippen LogP contribution < -0.4 is 0 Å². The van der Waals surface area contributed by atoms with Gasteiger partial charge in [-0.2, -0.15) is 5.10 Å². The second kappa shape index (κ2) is 3.26. The summed E-state index contributed by atoms with van der Waals surface area (Å²) in [5, 5.41) is 6.40. The van der Waals surface area contributed by atoms with Gasteiger partial charge in [0, 0.05) is 23.7 Å². The number of aryl methyl sites for hydroxylation is 1. The Bertz CT molecular complexity index is 347. The van der Waals surface area contributed by atoms with Crippen LogP contribution in [0.15, 0.2) is 11.3 Å². The molecule has 0 bridgehead atoms. The molecule has 1 amide bonds. The first-order valence-corrected chi connectivity index (χ1v) is 4.81. The van der Waals surface area contributed by atoms with Crippen LogP contribution in [0, 0.1) is 6.92 Å². The molecule has 2 rings (SSSR count). The second-order valence-electron chi connectivity index (χ2n) is 2.82. The summed E-state index contributed by atoms with van der Waals surface area (Å²) in [5.41, 5.74) is 0. The molecule has 68 valence electrons. The van der Waals surface area contributed by atoms with Crippen molar-refractivity contribution in [3.8, 4) is 0 Å². The summed E-state index contributed by atoms with van der Waals surface area (Å²) < 4.78 is 0. The third kappa shape index (κ3) is 1.47. The predicted octanol–water partition coefficient (Wildman–Crippen LogP) is 1.34. The van der Waals surface area contributed by atoms with Gasteiger partial charge in [-0.15, -0.1) is 11.3 Å². The van der Waals surface area contributed by atoms with E-state index in [0.29, 0.717) is 0 Å². The molecule has 0 fully saturated rings. The van der Waals surface area contributed by atoms with Gasteiger partial charge in [-0.1, -0.05) is 0 Å². The molecule has 0 aliphatic carbocycles. The van der Waals surface area contributed by atoms with Crippen molar-refractivity contribution in [3.63, 3.8) is 0 Å². The summed E-state index contributed by atoms with van der Waals surface area (Å²) in [6, 6.07) is 0.0729. The monoisotopic (exact) mass is 195 g/mol. The average molecular weight is 195 g/mol. The SMILES string of the molecule is Cc1ncc(C2CC=NN2C=O)s1. The maximum Gasteiger partial charge on any atom is 0.230 e. The van der Waals surface area contributed by atoms with Crippen molar-refractivity contribution in [1.29, 1.82) is 0 Å². The van der Waals surface area contributed by atoms with E-state index >= 15 is 0 Å². The normalized spacial score (nSPS) is 21.0. The van der Waals surface area contributed by atoms with E-state index in [1.165, 1.54) is 5.01 Å². The highest BCUT2D eigenvalue weighted by Crippen LogP contribution is 2.30. The van der Waals surface area contributed by atoms with Gasteiger partial charge in [-0.25, -0.2) is 9.99 Å². The number of nitrogens with zero attached hydrogens (tertiary/aromatic N) is 3. The summed E-state index contributed by atoms with van der Waals surface area (Å²) in [6.07, 6.45) is 5.12. The van der Waals surface area contributed by atoms with Crippen LogP contribution in [0.4, 0.5) is 0 Å². The minimum absolute atomic E-state index is 0.0729. The zero-order valence-corrected chi connectivity index (χ0v) is 7.99. The fourth-order valence-electron chi connectivity index (χ4n) is 1.31. The Morgan fingerprint density at radius 2 is 2.62 bits per heavy atom. The number of thiazole rings is 1. The van der Waals surface area contributed by atoms with Crippen LogP contribution in [-0.2, 0) is 4.79 Å². The average Bonchev–Trinajstić information content (AvgIpc) is 2.71. The van der Waals surface area contributed by atoms with E-state index in [0.717, 1.165) is 22.7 Å². The first-order chi connectivity index (χ1) is 6.31. The van der Waals surface area contributed by atoms with Crippen LogP contribution >= 0.6 is 11.3 Å². The van der Waals surface area contributed by atoms with Crippen molar-refractivity contribution in [1.82, 2.24) is 9.99 Å². The molecule has 1 aliphatic heterocycles. The minimum Gasteiger partial charge on any atom is -0.277 e. The molecule has 1 aliphatic rings. The summed E-state index contributed by atoms with van der Waals surface area (Å²) in [7, 11) is 0. The molecule has 1 atom stereocenters. The molecular formula is C8H9N3OS. The number of hydrazone groups is 1. The summed E-state index contributed by atoms with van der Waals surface area (Å²) >= 11 is 1.61. The van der Waals surface area contributed by atoms with Gasteiger partial charge >= 0.3 is 0 Å². The van der Waals surface area contributed by atoms with E-state index in [1.807, 2.05) is 13.1 Å². The Morgan fingerprint density at radius 1 is 1.77 bits per heavy atom. The predicted molar refractivity (Wildman–Crippen MR) is 50.6 cm³/mol. The molecule has 2 heterocycles. The second-order valence-corrected chi connectivity index (χ2v) is 4.08.